The van der Waals surface area contributed by atoms with Gasteiger partial charge in [0, 0.05) is 45.1 Å². The van der Waals surface area contributed by atoms with Crippen LogP contribution in [-0.2, 0) is 16.1 Å². The molecule has 33 heavy (non-hydrogen) atoms. The van der Waals surface area contributed by atoms with E-state index in [0.29, 0.717) is 50.4 Å². The molecule has 0 aliphatic rings. The Morgan fingerprint density at radius 1 is 1.15 bits per heavy atom. The minimum absolute atomic E-state index is 0.149. The zero-order chi connectivity index (χ0) is 23.6. The highest BCUT2D eigenvalue weighted by atomic mass is 35.5. The number of fused-ring (bicyclic) bond motifs is 1. The highest BCUT2D eigenvalue weighted by molar-refractivity contribution is 7.99. The Labute approximate surface area is 197 Å². The molecule has 4 rings (SSSR count). The minimum atomic E-state index is -2.37. The number of H-pyrrole nitrogens is 1. The topological polar surface area (TPSA) is 81.3 Å². The van der Waals surface area contributed by atoms with Crippen molar-refractivity contribution in [1.82, 2.24) is 9.97 Å². The number of pyridine rings is 1. The summed E-state index contributed by atoms with van der Waals surface area (Å²) in [5.41, 5.74) is 2.25. The number of ether oxygens (including phenoxy) is 2. The van der Waals surface area contributed by atoms with E-state index in [-0.39, 0.29) is 12.4 Å². The van der Waals surface area contributed by atoms with Crippen molar-refractivity contribution in [3.63, 3.8) is 0 Å². The number of rotatable bonds is 8. The smallest absolute Gasteiger partial charge is 0.199 e. The second-order valence-corrected chi connectivity index (χ2v) is 10.4. The van der Waals surface area contributed by atoms with Crippen LogP contribution < -0.4 is 9.47 Å². The van der Waals surface area contributed by atoms with Crippen molar-refractivity contribution >= 4 is 43.8 Å². The lowest BCUT2D eigenvalue weighted by Gasteiger charge is -2.16. The second kappa shape index (κ2) is 9.29. The maximum atomic E-state index is 13.4. The third kappa shape index (κ3) is 4.74. The van der Waals surface area contributed by atoms with Gasteiger partial charge in [-0.2, -0.15) is 0 Å². The van der Waals surface area contributed by atoms with E-state index in [9.17, 15) is 9.00 Å². The van der Waals surface area contributed by atoms with E-state index >= 15 is 0 Å². The molecule has 2 aromatic heterocycles. The van der Waals surface area contributed by atoms with Crippen LogP contribution in [0.5, 0.6) is 11.5 Å². The van der Waals surface area contributed by atoms with Crippen molar-refractivity contribution in [3.05, 3.63) is 82.6 Å². The van der Waals surface area contributed by atoms with Gasteiger partial charge in [-0.25, -0.2) is 4.98 Å². The zero-order valence-electron chi connectivity index (χ0n) is 18.3. The predicted octanol–water partition coefficient (Wildman–Crippen LogP) is 5.13. The van der Waals surface area contributed by atoms with Gasteiger partial charge in [0.25, 0.3) is 0 Å². The number of hydrogen-bond donors (Lipinski definition) is 1. The van der Waals surface area contributed by atoms with Crippen LogP contribution in [0.15, 0.2) is 65.8 Å². The van der Waals surface area contributed by atoms with Crippen molar-refractivity contribution in [1.29, 1.82) is 0 Å². The predicted molar refractivity (Wildman–Crippen MR) is 132 cm³/mol. The number of nitrogens with one attached hydrogen (secondary N) is 1. The van der Waals surface area contributed by atoms with Crippen molar-refractivity contribution in [3.8, 4) is 11.5 Å². The number of hydrogen-bond acceptors (Lipinski definition) is 5. The van der Waals surface area contributed by atoms with Crippen molar-refractivity contribution in [2.24, 2.45) is 0 Å². The van der Waals surface area contributed by atoms with Crippen LogP contribution in [-0.4, -0.2) is 38.7 Å². The fraction of sp³-hybridized carbons (Fsp3) is 0.160. The normalized spacial score (nSPS) is 12.9. The van der Waals surface area contributed by atoms with Gasteiger partial charge in [-0.1, -0.05) is 23.7 Å². The fourth-order valence-electron chi connectivity index (χ4n) is 3.46. The summed E-state index contributed by atoms with van der Waals surface area (Å²) in [4.78, 5) is 21.2. The molecule has 1 unspecified atom stereocenters. The highest BCUT2D eigenvalue weighted by Gasteiger charge is 2.22. The Morgan fingerprint density at radius 2 is 1.97 bits per heavy atom. The molecule has 0 radical (unpaired) electrons. The van der Waals surface area contributed by atoms with Crippen LogP contribution in [0.25, 0.3) is 11.0 Å². The lowest BCUT2D eigenvalue weighted by atomic mass is 10.0. The first-order valence-corrected chi connectivity index (χ1v) is 12.8. The third-order valence-electron chi connectivity index (χ3n) is 5.11. The third-order valence-corrected chi connectivity index (χ3v) is 6.72. The van der Waals surface area contributed by atoms with Gasteiger partial charge in [0.2, 0.25) is 0 Å². The van der Waals surface area contributed by atoms with Crippen molar-refractivity contribution in [2.45, 2.75) is 18.4 Å². The number of nitrogens with zero attached hydrogens (tertiary/aromatic N) is 1. The Balaban J connectivity index is 1.65. The summed E-state index contributed by atoms with van der Waals surface area (Å²) >= 11 is 6.38. The number of ketones is 1. The van der Waals surface area contributed by atoms with E-state index in [1.54, 1.807) is 61.1 Å². The van der Waals surface area contributed by atoms with Crippen LogP contribution in [0.4, 0.5) is 0 Å². The summed E-state index contributed by atoms with van der Waals surface area (Å²) < 4.78 is 24.0. The van der Waals surface area contributed by atoms with Crippen LogP contribution in [0.2, 0.25) is 5.02 Å². The lowest BCUT2D eigenvalue weighted by Crippen LogP contribution is -2.08. The summed E-state index contributed by atoms with van der Waals surface area (Å²) in [5, 5.41) is 1.17. The van der Waals surface area contributed by atoms with Gasteiger partial charge < -0.3 is 14.5 Å². The maximum absolute atomic E-state index is 13.4. The van der Waals surface area contributed by atoms with E-state index < -0.39 is 9.52 Å². The standard InChI is InChI=1S/C25H23ClN2O4S/c1-4-31-24-19(23(29)20-14-28-25-18(20)8-6-12-27-25)7-5-9-22(24)32-15-16-10-11-17(13-21(16)26)33(2,3)30/h5-14H,2,4,15H2,1,3H3,(H,27,28). The molecule has 0 spiro atoms. The molecule has 0 aliphatic carbocycles. The number of para-hydroxylation sites is 1. The minimum Gasteiger partial charge on any atom is -0.489 e. The van der Waals surface area contributed by atoms with E-state index in [0.717, 1.165) is 5.39 Å². The second-order valence-electron chi connectivity index (χ2n) is 7.54. The number of aromatic nitrogens is 2. The molecule has 0 saturated carbocycles. The highest BCUT2D eigenvalue weighted by Crippen LogP contribution is 2.35. The Kier molecular flexibility index (Phi) is 6.44. The van der Waals surface area contributed by atoms with Gasteiger partial charge in [-0.15, -0.1) is 0 Å². The van der Waals surface area contributed by atoms with E-state index in [1.165, 1.54) is 0 Å². The number of benzene rings is 2. The summed E-state index contributed by atoms with van der Waals surface area (Å²) in [6.07, 6.45) is 4.88. The molecule has 4 aromatic rings. The van der Waals surface area contributed by atoms with Crippen LogP contribution >= 0.6 is 11.6 Å². The molecule has 0 amide bonds. The molecule has 2 aromatic carbocycles. The van der Waals surface area contributed by atoms with Gasteiger partial charge >= 0.3 is 0 Å². The SMILES string of the molecule is C=S(C)(=O)c1ccc(COc2cccc(C(=O)c3c[nH]c4ncccc34)c2OCC)c(Cl)c1. The molecule has 170 valence electrons. The molecule has 1 atom stereocenters. The van der Waals surface area contributed by atoms with Crippen LogP contribution in [0, 0.1) is 0 Å². The van der Waals surface area contributed by atoms with Crippen molar-refractivity contribution < 1.29 is 18.5 Å². The van der Waals surface area contributed by atoms with E-state index in [1.807, 2.05) is 13.0 Å². The Bertz CT molecular complexity index is 1440. The van der Waals surface area contributed by atoms with Gasteiger partial charge in [0.1, 0.15) is 12.3 Å². The van der Waals surface area contributed by atoms with Gasteiger partial charge in [-0.3, -0.25) is 9.00 Å². The molecule has 0 fully saturated rings. The quantitative estimate of drug-likeness (QED) is 0.278. The van der Waals surface area contributed by atoms with Crippen LogP contribution in [0.3, 0.4) is 0 Å². The molecule has 0 aliphatic heterocycles. The summed E-state index contributed by atoms with van der Waals surface area (Å²) in [5.74, 6) is 4.28. The summed E-state index contributed by atoms with van der Waals surface area (Å²) in [7, 11) is -2.37. The number of carbonyl (C=O) groups is 1. The molecule has 2 heterocycles. The molecular formula is C25H23ClN2O4S. The average Bonchev–Trinajstić information content (AvgIpc) is 3.22. The molecule has 0 saturated heterocycles. The first kappa shape index (κ1) is 22.9. The average molecular weight is 483 g/mol. The summed E-state index contributed by atoms with van der Waals surface area (Å²) in [6.45, 7) is 2.35. The largest absolute Gasteiger partial charge is 0.489 e. The monoisotopic (exact) mass is 482 g/mol. The van der Waals surface area contributed by atoms with Gasteiger partial charge in [-0.05, 0) is 58.7 Å². The molecular weight excluding hydrogens is 460 g/mol. The number of carbonyl (C=O) groups excluding carboxylic acids is 1. The number of halogens is 1. The first-order chi connectivity index (χ1) is 15.8. The first-order valence-electron chi connectivity index (χ1n) is 10.3. The van der Waals surface area contributed by atoms with Gasteiger partial charge in [0.15, 0.2) is 17.3 Å². The summed E-state index contributed by atoms with van der Waals surface area (Å²) in [6, 6.07) is 14.0. The fourth-order valence-corrected chi connectivity index (χ4v) is 4.48. The Morgan fingerprint density at radius 3 is 2.70 bits per heavy atom. The molecule has 6 nitrogen and oxygen atoms in total. The lowest BCUT2D eigenvalue weighted by molar-refractivity contribution is 0.103. The van der Waals surface area contributed by atoms with E-state index in [2.05, 4.69) is 15.8 Å². The molecule has 1 N–H and O–H groups in total. The zero-order valence-corrected chi connectivity index (χ0v) is 19.8. The van der Waals surface area contributed by atoms with E-state index in [4.69, 9.17) is 21.1 Å². The maximum Gasteiger partial charge on any atom is 0.199 e. The molecule has 0 bridgehead atoms. The molecule has 8 heteroatoms. The number of aromatic amines is 1. The Hall–Kier alpha value is -3.29. The van der Waals surface area contributed by atoms with Crippen LogP contribution in [0.1, 0.15) is 28.4 Å². The van der Waals surface area contributed by atoms with Crippen molar-refractivity contribution in [2.75, 3.05) is 12.9 Å². The van der Waals surface area contributed by atoms with Gasteiger partial charge in [0.05, 0.1) is 12.2 Å².